The summed E-state index contributed by atoms with van der Waals surface area (Å²) in [7, 11) is 0. The Morgan fingerprint density at radius 3 is 2.55 bits per heavy atom. The van der Waals surface area contributed by atoms with Crippen molar-refractivity contribution in [1.29, 1.82) is 0 Å². The lowest BCUT2D eigenvalue weighted by Gasteiger charge is -2.24. The number of halogens is 1. The minimum absolute atomic E-state index is 0.0736. The van der Waals surface area contributed by atoms with Gasteiger partial charge in [-0.15, -0.1) is 0 Å². The molecule has 0 aliphatic heterocycles. The molecule has 2 bridgehead atoms. The van der Waals surface area contributed by atoms with Gasteiger partial charge in [-0.3, -0.25) is 14.6 Å². The van der Waals surface area contributed by atoms with Crippen molar-refractivity contribution >= 4 is 22.5 Å². The third-order valence-corrected chi connectivity index (χ3v) is 5.33. The van der Waals surface area contributed by atoms with Crippen molar-refractivity contribution < 1.29 is 14.0 Å². The quantitative estimate of drug-likeness (QED) is 0.747. The van der Waals surface area contributed by atoms with Crippen molar-refractivity contribution in [2.24, 2.45) is 11.8 Å². The zero-order valence-electron chi connectivity index (χ0n) is 11.7. The number of rotatable bonds is 0. The molecule has 22 heavy (non-hydrogen) atoms. The molecule has 2 atom stereocenters. The van der Waals surface area contributed by atoms with Gasteiger partial charge in [0.25, 0.3) is 0 Å². The molecule has 0 spiro atoms. The summed E-state index contributed by atoms with van der Waals surface area (Å²) >= 11 is 0. The van der Waals surface area contributed by atoms with Crippen molar-refractivity contribution in [2.45, 2.75) is 19.3 Å². The highest BCUT2D eigenvalue weighted by Crippen LogP contribution is 2.52. The second kappa shape index (κ2) is 3.88. The number of aromatic nitrogens is 1. The molecule has 3 aliphatic carbocycles. The van der Waals surface area contributed by atoms with Crippen LogP contribution in [0, 0.1) is 17.7 Å². The maximum Gasteiger partial charge on any atom is 0.192 e. The summed E-state index contributed by atoms with van der Waals surface area (Å²) in [6, 6.07) is 4.18. The summed E-state index contributed by atoms with van der Waals surface area (Å²) in [5.41, 5.74) is 2.65. The van der Waals surface area contributed by atoms with E-state index < -0.39 is 5.82 Å². The van der Waals surface area contributed by atoms with Crippen LogP contribution < -0.4 is 0 Å². The highest BCUT2D eigenvalue weighted by atomic mass is 19.1. The largest absolute Gasteiger partial charge is 0.289 e. The van der Waals surface area contributed by atoms with Crippen molar-refractivity contribution in [1.82, 2.24) is 4.98 Å². The molecule has 5 rings (SSSR count). The van der Waals surface area contributed by atoms with Gasteiger partial charge in [-0.25, -0.2) is 4.39 Å². The van der Waals surface area contributed by atoms with Gasteiger partial charge in [0.15, 0.2) is 11.6 Å². The Labute approximate surface area is 125 Å². The number of pyridine rings is 1. The fraction of sp³-hybridized carbons (Fsp3) is 0.278. The Balaban J connectivity index is 1.85. The van der Waals surface area contributed by atoms with Crippen LogP contribution >= 0.6 is 0 Å². The van der Waals surface area contributed by atoms with Crippen LogP contribution in [0.5, 0.6) is 0 Å². The van der Waals surface area contributed by atoms with E-state index in [4.69, 9.17) is 0 Å². The number of ketones is 2. The lowest BCUT2D eigenvalue weighted by atomic mass is 9.77. The molecule has 1 aromatic carbocycles. The van der Waals surface area contributed by atoms with Crippen molar-refractivity contribution in [3.05, 3.63) is 52.5 Å². The molecule has 0 saturated heterocycles. The molecule has 108 valence electrons. The molecular weight excluding hydrogens is 281 g/mol. The second-order valence-corrected chi connectivity index (χ2v) is 6.40. The Morgan fingerprint density at radius 2 is 1.77 bits per heavy atom. The normalized spacial score (nSPS) is 25.9. The van der Waals surface area contributed by atoms with Gasteiger partial charge in [0.1, 0.15) is 5.82 Å². The van der Waals surface area contributed by atoms with Gasteiger partial charge >= 0.3 is 0 Å². The van der Waals surface area contributed by atoms with Gasteiger partial charge in [-0.05, 0) is 49.3 Å². The van der Waals surface area contributed by atoms with E-state index in [0.717, 1.165) is 19.3 Å². The summed E-state index contributed by atoms with van der Waals surface area (Å²) in [5.74, 6) is -0.143. The van der Waals surface area contributed by atoms with E-state index in [2.05, 4.69) is 4.98 Å². The SMILES string of the molecule is O=C1C2=C(C(=O)c3c1cnc1ccc(F)cc31)C1CCC2C1. The minimum Gasteiger partial charge on any atom is -0.289 e. The predicted octanol–water partition coefficient (Wildman–Crippen LogP) is 3.48. The van der Waals surface area contributed by atoms with Crippen LogP contribution in [0.2, 0.25) is 0 Å². The molecule has 4 heteroatoms. The van der Waals surface area contributed by atoms with E-state index >= 15 is 0 Å². The van der Waals surface area contributed by atoms with Crippen LogP contribution in [-0.4, -0.2) is 16.6 Å². The Kier molecular flexibility index (Phi) is 2.16. The number of fused-ring (bicyclic) bond motifs is 7. The Bertz CT molecular complexity index is 928. The summed E-state index contributed by atoms with van der Waals surface area (Å²) < 4.78 is 13.6. The smallest absolute Gasteiger partial charge is 0.192 e. The molecule has 1 aromatic heterocycles. The minimum atomic E-state index is -0.421. The highest BCUT2D eigenvalue weighted by Gasteiger charge is 2.48. The highest BCUT2D eigenvalue weighted by molar-refractivity contribution is 6.31. The molecular formula is C18H12FNO2. The van der Waals surface area contributed by atoms with Gasteiger partial charge in [0, 0.05) is 28.3 Å². The summed E-state index contributed by atoms with van der Waals surface area (Å²) in [6.07, 6.45) is 4.37. The molecule has 2 unspecified atom stereocenters. The molecule has 2 aromatic rings. The van der Waals surface area contributed by atoms with Gasteiger partial charge in [0.05, 0.1) is 11.1 Å². The standard InChI is InChI=1S/C18H12FNO2/c19-10-3-4-13-11(6-10)16-12(7-20-13)17(21)14-8-1-2-9(5-8)15(14)18(16)22/h3-4,6-9H,1-2,5H2. The maximum absolute atomic E-state index is 13.6. The number of hydrogen-bond acceptors (Lipinski definition) is 3. The first kappa shape index (κ1) is 12.2. The third kappa shape index (κ3) is 1.33. The van der Waals surface area contributed by atoms with Crippen molar-refractivity contribution in [3.63, 3.8) is 0 Å². The Hall–Kier alpha value is -2.36. The fourth-order valence-corrected chi connectivity index (χ4v) is 4.42. The van der Waals surface area contributed by atoms with E-state index in [1.54, 1.807) is 6.07 Å². The first-order valence-corrected chi connectivity index (χ1v) is 7.57. The Morgan fingerprint density at radius 1 is 1.05 bits per heavy atom. The number of hydrogen-bond donors (Lipinski definition) is 0. The lowest BCUT2D eigenvalue weighted by molar-refractivity contribution is 0.0964. The van der Waals surface area contributed by atoms with Gasteiger partial charge in [0.2, 0.25) is 0 Å². The van der Waals surface area contributed by atoms with E-state index in [1.807, 2.05) is 0 Å². The van der Waals surface area contributed by atoms with Gasteiger partial charge in [-0.1, -0.05) is 0 Å². The van der Waals surface area contributed by atoms with Gasteiger partial charge in [-0.2, -0.15) is 0 Å². The van der Waals surface area contributed by atoms with Crippen molar-refractivity contribution in [3.8, 4) is 0 Å². The average Bonchev–Trinajstić information content (AvgIpc) is 3.12. The number of carbonyl (C=O) groups is 2. The van der Waals surface area contributed by atoms with Crippen LogP contribution in [-0.2, 0) is 0 Å². The number of Topliss-reactive ketones (excluding diaryl/α,β-unsaturated/α-hetero) is 2. The maximum atomic E-state index is 13.6. The number of carbonyl (C=O) groups excluding carboxylic acids is 2. The third-order valence-electron chi connectivity index (χ3n) is 5.33. The van der Waals surface area contributed by atoms with Crippen LogP contribution in [0.4, 0.5) is 4.39 Å². The van der Waals surface area contributed by atoms with Crippen molar-refractivity contribution in [2.75, 3.05) is 0 Å². The van der Waals surface area contributed by atoms with Crippen LogP contribution in [0.1, 0.15) is 40.0 Å². The molecule has 0 amide bonds. The van der Waals surface area contributed by atoms with E-state index in [0.29, 0.717) is 33.2 Å². The molecule has 1 heterocycles. The monoisotopic (exact) mass is 293 g/mol. The van der Waals surface area contributed by atoms with Gasteiger partial charge < -0.3 is 0 Å². The van der Waals surface area contributed by atoms with Crippen LogP contribution in [0.15, 0.2) is 35.5 Å². The zero-order valence-corrected chi connectivity index (χ0v) is 11.7. The number of allylic oxidation sites excluding steroid dienone is 2. The molecule has 0 radical (unpaired) electrons. The first-order chi connectivity index (χ1) is 10.6. The predicted molar refractivity (Wildman–Crippen MR) is 78.2 cm³/mol. The summed E-state index contributed by atoms with van der Waals surface area (Å²) in [6.45, 7) is 0. The second-order valence-electron chi connectivity index (χ2n) is 6.40. The van der Waals surface area contributed by atoms with Crippen LogP contribution in [0.3, 0.4) is 0 Å². The van der Waals surface area contributed by atoms with E-state index in [1.165, 1.54) is 18.3 Å². The molecule has 0 N–H and O–H groups in total. The molecule has 1 saturated carbocycles. The zero-order chi connectivity index (χ0) is 15.0. The summed E-state index contributed by atoms with van der Waals surface area (Å²) in [5, 5.41) is 0.449. The molecule has 3 aliphatic rings. The average molecular weight is 293 g/mol. The fourth-order valence-electron chi connectivity index (χ4n) is 4.42. The topological polar surface area (TPSA) is 47.0 Å². The lowest BCUT2D eigenvalue weighted by Crippen LogP contribution is -2.26. The van der Waals surface area contributed by atoms with E-state index in [9.17, 15) is 14.0 Å². The first-order valence-electron chi connectivity index (χ1n) is 7.57. The molecule has 1 fully saturated rings. The number of benzene rings is 1. The summed E-state index contributed by atoms with van der Waals surface area (Å²) in [4.78, 5) is 30.1. The van der Waals surface area contributed by atoms with E-state index in [-0.39, 0.29) is 23.4 Å². The van der Waals surface area contributed by atoms with Crippen LogP contribution in [0.25, 0.3) is 10.9 Å². The molecule has 3 nitrogen and oxygen atoms in total. The number of nitrogens with zero attached hydrogens (tertiary/aromatic N) is 1.